The number of ether oxygens (including phenoxy) is 3. The van der Waals surface area contributed by atoms with Gasteiger partial charge < -0.3 is 19.5 Å². The zero-order chi connectivity index (χ0) is 18.7. The number of nitrogens with one attached hydrogen (secondary N) is 1. The van der Waals surface area contributed by atoms with Gasteiger partial charge in [-0.25, -0.2) is 0 Å². The highest BCUT2D eigenvalue weighted by Crippen LogP contribution is 2.28. The number of unbranched alkanes of at least 4 members (excludes halogenated alkanes) is 1. The molecule has 5 nitrogen and oxygen atoms in total. The number of hydrogen-bond acceptors (Lipinski definition) is 5. The Balaban J connectivity index is 2.55. The van der Waals surface area contributed by atoms with Crippen LogP contribution in [0.25, 0.3) is 0 Å². The van der Waals surface area contributed by atoms with Crippen LogP contribution < -0.4 is 10.1 Å². The summed E-state index contributed by atoms with van der Waals surface area (Å²) in [6.45, 7) is 9.88. The number of aryl methyl sites for hydroxylation is 2. The van der Waals surface area contributed by atoms with Gasteiger partial charge >= 0.3 is 5.97 Å². The number of carbonyl (C=O) groups excluding carboxylic acids is 1. The van der Waals surface area contributed by atoms with Gasteiger partial charge in [-0.3, -0.25) is 4.79 Å². The molecular formula is C20H33NO4. The van der Waals surface area contributed by atoms with Crippen molar-refractivity contribution in [2.75, 3.05) is 32.2 Å². The van der Waals surface area contributed by atoms with E-state index < -0.39 is 0 Å². The molecule has 1 atom stereocenters. The third-order valence-corrected chi connectivity index (χ3v) is 3.93. The molecule has 25 heavy (non-hydrogen) atoms. The SMILES string of the molecule is CCOC(=O)CCCCOc1cc(C)c(NC(C)COC)c(CC)c1. The van der Waals surface area contributed by atoms with Crippen LogP contribution in [0.15, 0.2) is 12.1 Å². The normalized spacial score (nSPS) is 11.9. The Morgan fingerprint density at radius 3 is 2.64 bits per heavy atom. The summed E-state index contributed by atoms with van der Waals surface area (Å²) in [6.07, 6.45) is 3.01. The van der Waals surface area contributed by atoms with Crippen LogP contribution in [0.1, 0.15) is 51.2 Å². The molecule has 1 rings (SSSR count). The standard InChI is InChI=1S/C20H33NO4/c1-6-17-13-18(25-11-9-8-10-19(22)24-7-2)12-15(3)20(17)21-16(4)14-23-5/h12-13,16,21H,6-11,14H2,1-5H3. The molecule has 1 aromatic carbocycles. The first kappa shape index (κ1) is 21.3. The third-order valence-electron chi connectivity index (χ3n) is 3.93. The monoisotopic (exact) mass is 351 g/mol. The number of esters is 1. The largest absolute Gasteiger partial charge is 0.494 e. The average molecular weight is 351 g/mol. The Morgan fingerprint density at radius 2 is 2.00 bits per heavy atom. The number of hydrogen-bond donors (Lipinski definition) is 1. The summed E-state index contributed by atoms with van der Waals surface area (Å²) in [7, 11) is 1.71. The summed E-state index contributed by atoms with van der Waals surface area (Å²) in [5, 5.41) is 3.53. The average Bonchev–Trinajstić information content (AvgIpc) is 2.57. The number of benzene rings is 1. The molecule has 0 saturated heterocycles. The molecule has 0 aliphatic heterocycles. The zero-order valence-corrected chi connectivity index (χ0v) is 16.3. The maximum atomic E-state index is 11.3. The van der Waals surface area contributed by atoms with Crippen LogP contribution in [0, 0.1) is 6.92 Å². The third kappa shape index (κ3) is 7.78. The van der Waals surface area contributed by atoms with Gasteiger partial charge in [0.25, 0.3) is 0 Å². The number of rotatable bonds is 12. The number of carbonyl (C=O) groups is 1. The van der Waals surface area contributed by atoms with Crippen LogP contribution in [-0.2, 0) is 20.7 Å². The van der Waals surface area contributed by atoms with E-state index in [1.54, 1.807) is 7.11 Å². The van der Waals surface area contributed by atoms with E-state index in [2.05, 4.69) is 38.2 Å². The maximum Gasteiger partial charge on any atom is 0.305 e. The summed E-state index contributed by atoms with van der Waals surface area (Å²) in [4.78, 5) is 11.3. The van der Waals surface area contributed by atoms with Crippen LogP contribution in [0.4, 0.5) is 5.69 Å². The molecule has 0 bridgehead atoms. The second-order valence-electron chi connectivity index (χ2n) is 6.24. The van der Waals surface area contributed by atoms with Gasteiger partial charge in [-0.2, -0.15) is 0 Å². The fraction of sp³-hybridized carbons (Fsp3) is 0.650. The van der Waals surface area contributed by atoms with Crippen molar-refractivity contribution >= 4 is 11.7 Å². The molecule has 1 unspecified atom stereocenters. The van der Waals surface area contributed by atoms with Crippen molar-refractivity contribution in [2.24, 2.45) is 0 Å². The Hall–Kier alpha value is -1.75. The second kappa shape index (κ2) is 11.7. The van der Waals surface area contributed by atoms with Crippen LogP contribution in [-0.4, -0.2) is 38.9 Å². The van der Waals surface area contributed by atoms with E-state index in [-0.39, 0.29) is 12.0 Å². The van der Waals surface area contributed by atoms with E-state index in [0.29, 0.717) is 26.2 Å². The maximum absolute atomic E-state index is 11.3. The molecular weight excluding hydrogens is 318 g/mol. The highest BCUT2D eigenvalue weighted by molar-refractivity contribution is 5.69. The van der Waals surface area contributed by atoms with E-state index in [1.807, 2.05) is 6.92 Å². The molecule has 0 amide bonds. The highest BCUT2D eigenvalue weighted by Gasteiger charge is 2.11. The van der Waals surface area contributed by atoms with Gasteiger partial charge in [-0.1, -0.05) is 6.92 Å². The molecule has 0 aliphatic carbocycles. The summed E-state index contributed by atoms with van der Waals surface area (Å²) in [6, 6.07) is 4.41. The Labute approximate surface area is 152 Å². The lowest BCUT2D eigenvalue weighted by Gasteiger charge is -2.20. The lowest BCUT2D eigenvalue weighted by Crippen LogP contribution is -2.22. The van der Waals surface area contributed by atoms with Crippen LogP contribution >= 0.6 is 0 Å². The van der Waals surface area contributed by atoms with E-state index in [1.165, 1.54) is 16.8 Å². The fourth-order valence-electron chi connectivity index (χ4n) is 2.73. The second-order valence-corrected chi connectivity index (χ2v) is 6.24. The van der Waals surface area contributed by atoms with E-state index in [0.717, 1.165) is 25.0 Å². The Bertz CT molecular complexity index is 531. The number of methoxy groups -OCH3 is 1. The van der Waals surface area contributed by atoms with Crippen LogP contribution in [0.2, 0.25) is 0 Å². The molecule has 1 aromatic rings. The van der Waals surface area contributed by atoms with E-state index in [9.17, 15) is 4.79 Å². The van der Waals surface area contributed by atoms with Gasteiger partial charge in [0.1, 0.15) is 5.75 Å². The van der Waals surface area contributed by atoms with Crippen molar-refractivity contribution in [3.05, 3.63) is 23.3 Å². The van der Waals surface area contributed by atoms with E-state index >= 15 is 0 Å². The van der Waals surface area contributed by atoms with Crippen molar-refractivity contribution in [1.82, 2.24) is 0 Å². The Kier molecular flexibility index (Phi) is 10.0. The summed E-state index contributed by atoms with van der Waals surface area (Å²) >= 11 is 0. The lowest BCUT2D eigenvalue weighted by atomic mass is 10.0. The first-order valence-corrected chi connectivity index (χ1v) is 9.19. The molecule has 142 valence electrons. The van der Waals surface area contributed by atoms with Gasteiger partial charge in [0.2, 0.25) is 0 Å². The van der Waals surface area contributed by atoms with Crippen molar-refractivity contribution in [3.8, 4) is 5.75 Å². The van der Waals surface area contributed by atoms with Gasteiger partial charge in [0, 0.05) is 25.3 Å². The minimum atomic E-state index is -0.132. The first-order valence-electron chi connectivity index (χ1n) is 9.19. The molecule has 5 heteroatoms. The van der Waals surface area contributed by atoms with Crippen molar-refractivity contribution in [1.29, 1.82) is 0 Å². The molecule has 0 spiro atoms. The minimum absolute atomic E-state index is 0.132. The molecule has 0 saturated carbocycles. The summed E-state index contributed by atoms with van der Waals surface area (Å²) in [5.41, 5.74) is 3.58. The zero-order valence-electron chi connectivity index (χ0n) is 16.3. The van der Waals surface area contributed by atoms with E-state index in [4.69, 9.17) is 14.2 Å². The topological polar surface area (TPSA) is 56.8 Å². The molecule has 0 aromatic heterocycles. The van der Waals surface area contributed by atoms with Gasteiger partial charge in [-0.15, -0.1) is 0 Å². The number of anilines is 1. The molecule has 0 aliphatic rings. The summed E-state index contributed by atoms with van der Waals surface area (Å²) < 4.78 is 16.0. The van der Waals surface area contributed by atoms with Crippen molar-refractivity contribution in [2.45, 2.75) is 59.4 Å². The van der Waals surface area contributed by atoms with Crippen molar-refractivity contribution < 1.29 is 19.0 Å². The fourth-order valence-corrected chi connectivity index (χ4v) is 2.73. The first-order chi connectivity index (χ1) is 12.0. The minimum Gasteiger partial charge on any atom is -0.494 e. The van der Waals surface area contributed by atoms with Gasteiger partial charge in [0.15, 0.2) is 0 Å². The quantitative estimate of drug-likeness (QED) is 0.453. The summed E-state index contributed by atoms with van der Waals surface area (Å²) in [5.74, 6) is 0.752. The smallest absolute Gasteiger partial charge is 0.305 e. The predicted molar refractivity (Wildman–Crippen MR) is 101 cm³/mol. The van der Waals surface area contributed by atoms with Gasteiger partial charge in [-0.05, 0) is 63.3 Å². The predicted octanol–water partition coefficient (Wildman–Crippen LogP) is 4.12. The Morgan fingerprint density at radius 1 is 1.24 bits per heavy atom. The molecule has 1 N–H and O–H groups in total. The van der Waals surface area contributed by atoms with Crippen LogP contribution in [0.3, 0.4) is 0 Å². The van der Waals surface area contributed by atoms with Gasteiger partial charge in [0.05, 0.1) is 19.8 Å². The highest BCUT2D eigenvalue weighted by atomic mass is 16.5. The van der Waals surface area contributed by atoms with Crippen molar-refractivity contribution in [3.63, 3.8) is 0 Å². The molecule has 0 radical (unpaired) electrons. The van der Waals surface area contributed by atoms with Crippen LogP contribution in [0.5, 0.6) is 5.75 Å². The lowest BCUT2D eigenvalue weighted by molar-refractivity contribution is -0.143. The molecule has 0 heterocycles. The molecule has 0 fully saturated rings.